The summed E-state index contributed by atoms with van der Waals surface area (Å²) in [5, 5.41) is 0. The number of nitrogens with two attached hydrogens (primary N) is 1. The average Bonchev–Trinajstić information content (AvgIpc) is 2.56. The summed E-state index contributed by atoms with van der Waals surface area (Å²) < 4.78 is 0. The van der Waals surface area contributed by atoms with E-state index in [9.17, 15) is 0 Å². The SMILES string of the molecule is CC(C)c1ccc(C(C)C)c2c1CC(N)=N2. The molecule has 0 bridgehead atoms. The molecule has 1 heterocycles. The van der Waals surface area contributed by atoms with Crippen molar-refractivity contribution in [2.75, 3.05) is 0 Å². The molecule has 1 aliphatic rings. The van der Waals surface area contributed by atoms with Crippen molar-refractivity contribution in [2.24, 2.45) is 10.7 Å². The van der Waals surface area contributed by atoms with Crippen molar-refractivity contribution in [2.45, 2.75) is 46.0 Å². The van der Waals surface area contributed by atoms with Gasteiger partial charge in [-0.25, -0.2) is 4.99 Å². The largest absolute Gasteiger partial charge is 0.387 e. The van der Waals surface area contributed by atoms with Gasteiger partial charge in [-0.2, -0.15) is 0 Å². The zero-order valence-electron chi connectivity index (χ0n) is 10.5. The van der Waals surface area contributed by atoms with Crippen molar-refractivity contribution in [3.8, 4) is 0 Å². The topological polar surface area (TPSA) is 38.4 Å². The van der Waals surface area contributed by atoms with Crippen LogP contribution < -0.4 is 5.73 Å². The molecule has 0 aliphatic carbocycles. The van der Waals surface area contributed by atoms with E-state index >= 15 is 0 Å². The van der Waals surface area contributed by atoms with Gasteiger partial charge in [0.05, 0.1) is 5.69 Å². The van der Waals surface area contributed by atoms with Gasteiger partial charge in [0.1, 0.15) is 5.84 Å². The highest BCUT2D eigenvalue weighted by Gasteiger charge is 2.21. The molecule has 2 rings (SSSR count). The second kappa shape index (κ2) is 3.93. The van der Waals surface area contributed by atoms with E-state index in [4.69, 9.17) is 5.73 Å². The minimum absolute atomic E-state index is 0.504. The predicted molar refractivity (Wildman–Crippen MR) is 69.6 cm³/mol. The molecule has 0 atom stereocenters. The first kappa shape index (κ1) is 11.2. The minimum atomic E-state index is 0.504. The van der Waals surface area contributed by atoms with Gasteiger partial charge in [0.2, 0.25) is 0 Å². The number of fused-ring (bicyclic) bond motifs is 1. The molecule has 2 heteroatoms. The van der Waals surface area contributed by atoms with Crippen molar-refractivity contribution in [3.63, 3.8) is 0 Å². The standard InChI is InChI=1S/C14H20N2/c1-8(2)10-5-6-11(9(3)4)14-12(10)7-13(15)16-14/h5-6,8-9H,7H2,1-4H3,(H2,15,16). The monoisotopic (exact) mass is 216 g/mol. The highest BCUT2D eigenvalue weighted by molar-refractivity contribution is 5.92. The first-order chi connectivity index (χ1) is 7.50. The van der Waals surface area contributed by atoms with Crippen LogP contribution in [0.2, 0.25) is 0 Å². The van der Waals surface area contributed by atoms with E-state index in [0.717, 1.165) is 17.9 Å². The quantitative estimate of drug-likeness (QED) is 0.807. The third kappa shape index (κ3) is 1.73. The van der Waals surface area contributed by atoms with Crippen LogP contribution >= 0.6 is 0 Å². The maximum absolute atomic E-state index is 5.87. The molecule has 0 unspecified atom stereocenters. The molecule has 0 radical (unpaired) electrons. The third-order valence-corrected chi connectivity index (χ3v) is 3.21. The second-order valence-corrected chi connectivity index (χ2v) is 5.16. The number of benzene rings is 1. The maximum Gasteiger partial charge on any atom is 0.104 e. The number of hydrogen-bond donors (Lipinski definition) is 1. The molecule has 2 N–H and O–H groups in total. The van der Waals surface area contributed by atoms with E-state index in [-0.39, 0.29) is 0 Å². The van der Waals surface area contributed by atoms with Crippen LogP contribution in [0.3, 0.4) is 0 Å². The zero-order chi connectivity index (χ0) is 11.9. The van der Waals surface area contributed by atoms with E-state index in [1.807, 2.05) is 0 Å². The van der Waals surface area contributed by atoms with E-state index in [0.29, 0.717) is 11.8 Å². The van der Waals surface area contributed by atoms with Crippen molar-refractivity contribution in [1.82, 2.24) is 0 Å². The molecule has 0 saturated carbocycles. The summed E-state index contributed by atoms with van der Waals surface area (Å²) in [5.74, 6) is 1.80. The molecular formula is C14H20N2. The maximum atomic E-state index is 5.87. The summed E-state index contributed by atoms with van der Waals surface area (Å²) in [7, 11) is 0. The van der Waals surface area contributed by atoms with Crippen molar-refractivity contribution in [1.29, 1.82) is 0 Å². The molecule has 16 heavy (non-hydrogen) atoms. The van der Waals surface area contributed by atoms with Crippen LogP contribution in [0.4, 0.5) is 5.69 Å². The lowest BCUT2D eigenvalue weighted by Crippen LogP contribution is -2.11. The summed E-state index contributed by atoms with van der Waals surface area (Å²) in [5.41, 5.74) is 11.1. The van der Waals surface area contributed by atoms with E-state index in [1.54, 1.807) is 0 Å². The Morgan fingerprint density at radius 1 is 1.06 bits per heavy atom. The van der Waals surface area contributed by atoms with Crippen molar-refractivity contribution >= 4 is 11.5 Å². The highest BCUT2D eigenvalue weighted by Crippen LogP contribution is 2.38. The molecular weight excluding hydrogens is 196 g/mol. The van der Waals surface area contributed by atoms with Crippen LogP contribution in [-0.4, -0.2) is 5.84 Å². The molecule has 0 aromatic heterocycles. The van der Waals surface area contributed by atoms with Crippen LogP contribution in [0.1, 0.15) is 56.2 Å². The summed E-state index contributed by atoms with van der Waals surface area (Å²) in [6.45, 7) is 8.85. The Hall–Kier alpha value is -1.31. The average molecular weight is 216 g/mol. The van der Waals surface area contributed by atoms with Gasteiger partial charge in [0, 0.05) is 6.42 Å². The fraction of sp³-hybridized carbons (Fsp3) is 0.500. The highest BCUT2D eigenvalue weighted by atomic mass is 14.9. The van der Waals surface area contributed by atoms with Crippen LogP contribution in [0, 0.1) is 0 Å². The lowest BCUT2D eigenvalue weighted by molar-refractivity contribution is 0.836. The molecule has 0 saturated heterocycles. The Kier molecular flexibility index (Phi) is 2.75. The summed E-state index contributed by atoms with van der Waals surface area (Å²) in [6.07, 6.45) is 0.823. The van der Waals surface area contributed by atoms with Gasteiger partial charge in [-0.3, -0.25) is 0 Å². The molecule has 1 aliphatic heterocycles. The molecule has 1 aromatic carbocycles. The molecule has 1 aromatic rings. The van der Waals surface area contributed by atoms with Gasteiger partial charge in [-0.1, -0.05) is 39.8 Å². The van der Waals surface area contributed by atoms with Gasteiger partial charge >= 0.3 is 0 Å². The number of amidine groups is 1. The lowest BCUT2D eigenvalue weighted by Gasteiger charge is -2.15. The second-order valence-electron chi connectivity index (χ2n) is 5.16. The first-order valence-electron chi connectivity index (χ1n) is 5.99. The van der Waals surface area contributed by atoms with E-state index < -0.39 is 0 Å². The molecule has 86 valence electrons. The molecule has 0 spiro atoms. The Morgan fingerprint density at radius 3 is 2.19 bits per heavy atom. The Bertz CT molecular complexity index is 442. The van der Waals surface area contributed by atoms with Gasteiger partial charge in [0.25, 0.3) is 0 Å². The lowest BCUT2D eigenvalue weighted by atomic mass is 9.90. The smallest absolute Gasteiger partial charge is 0.104 e. The van der Waals surface area contributed by atoms with Crippen LogP contribution in [-0.2, 0) is 6.42 Å². The van der Waals surface area contributed by atoms with Gasteiger partial charge in [0.15, 0.2) is 0 Å². The van der Waals surface area contributed by atoms with Gasteiger partial charge in [-0.15, -0.1) is 0 Å². The number of aliphatic imine (C=N–C) groups is 1. The fourth-order valence-electron chi connectivity index (χ4n) is 2.36. The van der Waals surface area contributed by atoms with Gasteiger partial charge < -0.3 is 5.73 Å². The molecule has 0 amide bonds. The van der Waals surface area contributed by atoms with Crippen molar-refractivity contribution in [3.05, 3.63) is 28.8 Å². The van der Waals surface area contributed by atoms with Gasteiger partial charge in [-0.05, 0) is 28.5 Å². The fourth-order valence-corrected chi connectivity index (χ4v) is 2.36. The van der Waals surface area contributed by atoms with Crippen LogP contribution in [0.5, 0.6) is 0 Å². The molecule has 0 fully saturated rings. The zero-order valence-corrected chi connectivity index (χ0v) is 10.5. The Labute approximate surface area is 97.6 Å². The van der Waals surface area contributed by atoms with Crippen LogP contribution in [0.15, 0.2) is 17.1 Å². The normalized spacial score (nSPS) is 14.5. The van der Waals surface area contributed by atoms with E-state index in [2.05, 4.69) is 44.8 Å². The Morgan fingerprint density at radius 2 is 1.62 bits per heavy atom. The minimum Gasteiger partial charge on any atom is -0.387 e. The number of rotatable bonds is 2. The summed E-state index contributed by atoms with van der Waals surface area (Å²) >= 11 is 0. The predicted octanol–water partition coefficient (Wildman–Crippen LogP) is 3.48. The number of nitrogens with zero attached hydrogens (tertiary/aromatic N) is 1. The summed E-state index contributed by atoms with van der Waals surface area (Å²) in [4.78, 5) is 4.51. The third-order valence-electron chi connectivity index (χ3n) is 3.21. The summed E-state index contributed by atoms with van der Waals surface area (Å²) in [6, 6.07) is 4.45. The van der Waals surface area contributed by atoms with E-state index in [1.165, 1.54) is 16.7 Å². The number of hydrogen-bond acceptors (Lipinski definition) is 2. The van der Waals surface area contributed by atoms with Crippen molar-refractivity contribution < 1.29 is 0 Å². The Balaban J connectivity index is 2.60. The first-order valence-corrected chi connectivity index (χ1v) is 5.99. The van der Waals surface area contributed by atoms with Crippen LogP contribution in [0.25, 0.3) is 0 Å². The molecule has 2 nitrogen and oxygen atoms in total.